The van der Waals surface area contributed by atoms with Crippen molar-refractivity contribution >= 4 is 17.2 Å². The summed E-state index contributed by atoms with van der Waals surface area (Å²) in [6.07, 6.45) is 2.03. The van der Waals surface area contributed by atoms with Crippen LogP contribution < -0.4 is 5.32 Å². The van der Waals surface area contributed by atoms with Gasteiger partial charge in [0.05, 0.1) is 11.1 Å². The fraction of sp³-hybridized carbons (Fsp3) is 0.154. The van der Waals surface area contributed by atoms with E-state index in [9.17, 15) is 4.79 Å². The van der Waals surface area contributed by atoms with E-state index in [1.54, 1.807) is 24.5 Å². The highest BCUT2D eigenvalue weighted by molar-refractivity contribution is 7.12. The molecule has 3 heterocycles. The molecule has 0 aliphatic heterocycles. The molecule has 0 atom stereocenters. The summed E-state index contributed by atoms with van der Waals surface area (Å²) in [6, 6.07) is 7.13. The van der Waals surface area contributed by atoms with Gasteiger partial charge in [0.2, 0.25) is 11.7 Å². The van der Waals surface area contributed by atoms with Crippen LogP contribution in [0.1, 0.15) is 15.6 Å². The van der Waals surface area contributed by atoms with E-state index in [0.717, 1.165) is 0 Å². The molecule has 0 spiro atoms. The Morgan fingerprint density at radius 2 is 2.30 bits per heavy atom. The highest BCUT2D eigenvalue weighted by atomic mass is 32.1. The predicted molar refractivity (Wildman–Crippen MR) is 72.4 cm³/mol. The number of furan rings is 1. The number of aromatic nitrogens is 2. The molecule has 3 rings (SSSR count). The Balaban J connectivity index is 1.53. The summed E-state index contributed by atoms with van der Waals surface area (Å²) in [5, 5.41) is 8.48. The van der Waals surface area contributed by atoms with Gasteiger partial charge < -0.3 is 14.3 Å². The van der Waals surface area contributed by atoms with Gasteiger partial charge in [0.25, 0.3) is 5.91 Å². The fourth-order valence-corrected chi connectivity index (χ4v) is 2.28. The van der Waals surface area contributed by atoms with Gasteiger partial charge in [0, 0.05) is 13.0 Å². The molecule has 3 aromatic heterocycles. The van der Waals surface area contributed by atoms with Gasteiger partial charge in [-0.15, -0.1) is 11.3 Å². The van der Waals surface area contributed by atoms with Crippen molar-refractivity contribution < 1.29 is 13.7 Å². The molecule has 0 bridgehead atoms. The van der Waals surface area contributed by atoms with Crippen LogP contribution in [-0.2, 0) is 6.42 Å². The number of hydrogen-bond acceptors (Lipinski definition) is 6. The Morgan fingerprint density at radius 1 is 1.35 bits per heavy atom. The number of hydrogen-bond donors (Lipinski definition) is 1. The van der Waals surface area contributed by atoms with Gasteiger partial charge in [0.1, 0.15) is 0 Å². The van der Waals surface area contributed by atoms with Crippen molar-refractivity contribution in [1.82, 2.24) is 15.5 Å². The highest BCUT2D eigenvalue weighted by Gasteiger charge is 2.11. The van der Waals surface area contributed by atoms with Gasteiger partial charge in [-0.2, -0.15) is 4.98 Å². The smallest absolute Gasteiger partial charge is 0.261 e. The number of rotatable bonds is 5. The van der Waals surface area contributed by atoms with Gasteiger partial charge in [-0.3, -0.25) is 4.79 Å². The Morgan fingerprint density at radius 3 is 3.05 bits per heavy atom. The second-order valence-corrected chi connectivity index (χ2v) is 4.92. The zero-order valence-corrected chi connectivity index (χ0v) is 11.2. The van der Waals surface area contributed by atoms with Crippen molar-refractivity contribution in [3.8, 4) is 11.6 Å². The van der Waals surface area contributed by atoms with Crippen LogP contribution in [0.4, 0.5) is 0 Å². The molecule has 20 heavy (non-hydrogen) atoms. The summed E-state index contributed by atoms with van der Waals surface area (Å²) >= 11 is 1.40. The molecule has 0 saturated carbocycles. The third-order valence-corrected chi connectivity index (χ3v) is 3.45. The van der Waals surface area contributed by atoms with Crippen LogP contribution in [0.15, 0.2) is 44.8 Å². The van der Waals surface area contributed by atoms with Crippen LogP contribution in [-0.4, -0.2) is 22.6 Å². The minimum atomic E-state index is -0.0919. The van der Waals surface area contributed by atoms with Gasteiger partial charge in [-0.1, -0.05) is 11.2 Å². The number of amides is 1. The highest BCUT2D eigenvalue weighted by Crippen LogP contribution is 2.15. The van der Waals surface area contributed by atoms with Crippen LogP contribution in [0.25, 0.3) is 11.6 Å². The van der Waals surface area contributed by atoms with E-state index in [2.05, 4.69) is 15.5 Å². The lowest BCUT2D eigenvalue weighted by Gasteiger charge is -2.00. The molecule has 3 aromatic rings. The molecule has 7 heteroatoms. The van der Waals surface area contributed by atoms with Gasteiger partial charge >= 0.3 is 0 Å². The standard InChI is InChI=1S/C13H11N3O3S/c17-13(10-4-2-8-20-10)14-6-5-11-15-12(16-19-11)9-3-1-7-18-9/h1-4,7-8H,5-6H2,(H,14,17). The maximum atomic E-state index is 11.7. The molecule has 6 nitrogen and oxygen atoms in total. The van der Waals surface area contributed by atoms with E-state index >= 15 is 0 Å². The van der Waals surface area contributed by atoms with Crippen molar-refractivity contribution in [3.05, 3.63) is 46.7 Å². The largest absolute Gasteiger partial charge is 0.461 e. The van der Waals surface area contributed by atoms with Crippen molar-refractivity contribution in [2.75, 3.05) is 6.54 Å². The second-order valence-electron chi connectivity index (χ2n) is 3.97. The summed E-state index contributed by atoms with van der Waals surface area (Å²) in [6.45, 7) is 0.441. The van der Waals surface area contributed by atoms with E-state index in [1.807, 2.05) is 11.4 Å². The van der Waals surface area contributed by atoms with Gasteiger partial charge in [0.15, 0.2) is 5.76 Å². The first-order valence-corrected chi connectivity index (χ1v) is 6.89. The monoisotopic (exact) mass is 289 g/mol. The predicted octanol–water partition coefficient (Wildman–Crippen LogP) is 2.36. The van der Waals surface area contributed by atoms with Crippen molar-refractivity contribution in [2.45, 2.75) is 6.42 Å². The number of thiophene rings is 1. The SMILES string of the molecule is O=C(NCCc1nc(-c2ccco2)no1)c1cccs1. The average Bonchev–Trinajstić information content (AvgIpc) is 3.20. The first-order valence-electron chi connectivity index (χ1n) is 6.01. The lowest BCUT2D eigenvalue weighted by molar-refractivity contribution is 0.0957. The molecule has 0 fully saturated rings. The lowest BCUT2D eigenvalue weighted by Crippen LogP contribution is -2.24. The van der Waals surface area contributed by atoms with E-state index in [-0.39, 0.29) is 5.91 Å². The van der Waals surface area contributed by atoms with Crippen LogP contribution in [0.2, 0.25) is 0 Å². The first-order chi connectivity index (χ1) is 9.83. The minimum absolute atomic E-state index is 0.0919. The van der Waals surface area contributed by atoms with E-state index in [0.29, 0.717) is 35.3 Å². The molecule has 1 amide bonds. The zero-order chi connectivity index (χ0) is 13.8. The quantitative estimate of drug-likeness (QED) is 0.779. The molecule has 0 aliphatic rings. The summed E-state index contributed by atoms with van der Waals surface area (Å²) in [5.74, 6) is 1.34. The summed E-state index contributed by atoms with van der Waals surface area (Å²) in [4.78, 5) is 16.6. The zero-order valence-electron chi connectivity index (χ0n) is 10.4. The second kappa shape index (κ2) is 5.70. The molecule has 0 saturated heterocycles. The Hall–Kier alpha value is -2.41. The average molecular weight is 289 g/mol. The molecule has 102 valence electrons. The number of carbonyl (C=O) groups excluding carboxylic acids is 1. The van der Waals surface area contributed by atoms with Crippen molar-refractivity contribution in [2.24, 2.45) is 0 Å². The fourth-order valence-electron chi connectivity index (χ4n) is 1.64. The molecule has 0 aromatic carbocycles. The number of nitrogens with one attached hydrogen (secondary N) is 1. The molecule has 0 unspecified atom stereocenters. The Kier molecular flexibility index (Phi) is 3.60. The van der Waals surface area contributed by atoms with Crippen LogP contribution in [0.5, 0.6) is 0 Å². The summed E-state index contributed by atoms with van der Waals surface area (Å²) in [7, 11) is 0. The third-order valence-electron chi connectivity index (χ3n) is 2.58. The molecule has 1 N–H and O–H groups in total. The summed E-state index contributed by atoms with van der Waals surface area (Å²) < 4.78 is 10.3. The van der Waals surface area contributed by atoms with Gasteiger partial charge in [-0.25, -0.2) is 0 Å². The Labute approximate surface area is 118 Å². The normalized spacial score (nSPS) is 10.6. The molecule has 0 aliphatic carbocycles. The first kappa shape index (κ1) is 12.6. The van der Waals surface area contributed by atoms with Gasteiger partial charge in [-0.05, 0) is 23.6 Å². The maximum Gasteiger partial charge on any atom is 0.261 e. The van der Waals surface area contributed by atoms with Crippen LogP contribution in [0, 0.1) is 0 Å². The van der Waals surface area contributed by atoms with Crippen molar-refractivity contribution in [1.29, 1.82) is 0 Å². The summed E-state index contributed by atoms with van der Waals surface area (Å²) in [5.41, 5.74) is 0. The minimum Gasteiger partial charge on any atom is -0.461 e. The van der Waals surface area contributed by atoms with E-state index < -0.39 is 0 Å². The van der Waals surface area contributed by atoms with E-state index in [4.69, 9.17) is 8.94 Å². The molecule has 0 radical (unpaired) electrons. The Bertz CT molecular complexity index is 674. The molecular formula is C13H11N3O3S. The molecular weight excluding hydrogens is 278 g/mol. The topological polar surface area (TPSA) is 81.2 Å². The maximum absolute atomic E-state index is 11.7. The third kappa shape index (κ3) is 2.77. The van der Waals surface area contributed by atoms with Crippen molar-refractivity contribution in [3.63, 3.8) is 0 Å². The number of carbonyl (C=O) groups is 1. The lowest BCUT2D eigenvalue weighted by atomic mass is 10.4. The van der Waals surface area contributed by atoms with Crippen LogP contribution in [0.3, 0.4) is 0 Å². The number of nitrogens with zero attached hydrogens (tertiary/aromatic N) is 2. The van der Waals surface area contributed by atoms with Crippen LogP contribution >= 0.6 is 11.3 Å². The van der Waals surface area contributed by atoms with E-state index in [1.165, 1.54) is 11.3 Å².